The van der Waals surface area contributed by atoms with E-state index < -0.39 is 0 Å². The Morgan fingerprint density at radius 3 is 2.43 bits per heavy atom. The molecule has 0 aliphatic carbocycles. The first-order chi connectivity index (χ1) is 9.93. The lowest BCUT2D eigenvalue weighted by atomic mass is 9.97. The summed E-state index contributed by atoms with van der Waals surface area (Å²) in [4.78, 5) is 37.2. The van der Waals surface area contributed by atoms with Gasteiger partial charge in [-0.25, -0.2) is 4.79 Å². The molecule has 0 bridgehead atoms. The van der Waals surface area contributed by atoms with Crippen LogP contribution in [0.15, 0.2) is 15.7 Å². The summed E-state index contributed by atoms with van der Waals surface area (Å²) in [5.74, 6) is -0.200. The molecule has 7 nitrogen and oxygen atoms in total. The number of methoxy groups -OCH3 is 1. The van der Waals surface area contributed by atoms with Crippen molar-refractivity contribution in [1.29, 1.82) is 0 Å². The first-order valence-corrected chi connectivity index (χ1v) is 7.00. The van der Waals surface area contributed by atoms with E-state index in [0.717, 1.165) is 30.5 Å². The minimum absolute atomic E-state index is 0.0429. The maximum Gasteiger partial charge on any atom is 0.330 e. The van der Waals surface area contributed by atoms with Crippen LogP contribution in [0.3, 0.4) is 0 Å². The second-order valence-electron chi connectivity index (χ2n) is 5.45. The van der Waals surface area contributed by atoms with E-state index in [4.69, 9.17) is 4.74 Å². The fourth-order valence-electron chi connectivity index (χ4n) is 2.65. The summed E-state index contributed by atoms with van der Waals surface area (Å²) in [6.07, 6.45) is 1.48. The van der Waals surface area contributed by atoms with Crippen molar-refractivity contribution in [2.75, 3.05) is 20.2 Å². The molecule has 0 radical (unpaired) electrons. The topological polar surface area (TPSA) is 73.5 Å². The minimum Gasteiger partial charge on any atom is -0.469 e. The number of nitrogens with zero attached hydrogens (tertiary/aromatic N) is 3. The van der Waals surface area contributed by atoms with Crippen LogP contribution in [0, 0.1) is 5.92 Å². The molecular weight excluding hydrogens is 274 g/mol. The molecule has 1 fully saturated rings. The van der Waals surface area contributed by atoms with Gasteiger partial charge in [0.15, 0.2) is 0 Å². The van der Waals surface area contributed by atoms with Crippen LogP contribution in [0.4, 0.5) is 0 Å². The predicted molar refractivity (Wildman–Crippen MR) is 76.9 cm³/mol. The van der Waals surface area contributed by atoms with Gasteiger partial charge >= 0.3 is 11.7 Å². The lowest BCUT2D eigenvalue weighted by molar-refractivity contribution is -0.147. The summed E-state index contributed by atoms with van der Waals surface area (Å²) >= 11 is 0. The summed E-state index contributed by atoms with van der Waals surface area (Å²) < 4.78 is 7.34. The van der Waals surface area contributed by atoms with Gasteiger partial charge < -0.3 is 4.74 Å². The third kappa shape index (κ3) is 3.24. The van der Waals surface area contributed by atoms with Gasteiger partial charge in [0.1, 0.15) is 0 Å². The smallest absolute Gasteiger partial charge is 0.330 e. The van der Waals surface area contributed by atoms with Crippen molar-refractivity contribution in [1.82, 2.24) is 14.0 Å². The average Bonchev–Trinajstić information content (AvgIpc) is 2.50. The Morgan fingerprint density at radius 2 is 1.86 bits per heavy atom. The number of carbonyl (C=O) groups is 1. The van der Waals surface area contributed by atoms with E-state index in [1.54, 1.807) is 7.05 Å². The molecule has 0 amide bonds. The van der Waals surface area contributed by atoms with Gasteiger partial charge in [0.2, 0.25) is 0 Å². The van der Waals surface area contributed by atoms with Crippen LogP contribution in [0.5, 0.6) is 0 Å². The van der Waals surface area contributed by atoms with Crippen LogP contribution in [0.25, 0.3) is 0 Å². The average molecular weight is 295 g/mol. The number of carbonyl (C=O) groups excluding carboxylic acids is 1. The maximum absolute atomic E-state index is 11.9. The van der Waals surface area contributed by atoms with Gasteiger partial charge in [-0.1, -0.05) is 0 Å². The molecule has 1 aromatic heterocycles. The number of rotatable bonds is 3. The van der Waals surface area contributed by atoms with Crippen molar-refractivity contribution < 1.29 is 9.53 Å². The fourth-order valence-corrected chi connectivity index (χ4v) is 2.65. The summed E-state index contributed by atoms with van der Waals surface area (Å²) in [6.45, 7) is 2.04. The molecule has 0 spiro atoms. The van der Waals surface area contributed by atoms with E-state index >= 15 is 0 Å². The molecule has 21 heavy (non-hydrogen) atoms. The van der Waals surface area contributed by atoms with Crippen LogP contribution in [0.1, 0.15) is 18.5 Å². The Hall–Kier alpha value is -1.89. The zero-order valence-corrected chi connectivity index (χ0v) is 12.7. The standard InChI is InChI=1S/C14H21N3O4/c1-15-11(8-12(18)16(2)14(15)20)9-17-6-4-10(5-7-17)13(19)21-3/h8,10H,4-7,9H2,1-3H3. The highest BCUT2D eigenvalue weighted by molar-refractivity contribution is 5.72. The third-order valence-corrected chi connectivity index (χ3v) is 4.13. The van der Waals surface area contributed by atoms with Crippen molar-refractivity contribution in [2.24, 2.45) is 20.0 Å². The van der Waals surface area contributed by atoms with Gasteiger partial charge in [-0.3, -0.25) is 23.6 Å². The molecule has 0 saturated carbocycles. The van der Waals surface area contributed by atoms with E-state index in [-0.39, 0.29) is 23.1 Å². The van der Waals surface area contributed by atoms with Gasteiger partial charge in [-0.15, -0.1) is 0 Å². The highest BCUT2D eigenvalue weighted by Gasteiger charge is 2.25. The molecule has 0 aromatic carbocycles. The molecule has 1 aliphatic rings. The van der Waals surface area contributed by atoms with Crippen molar-refractivity contribution in [3.8, 4) is 0 Å². The van der Waals surface area contributed by atoms with Crippen molar-refractivity contribution >= 4 is 5.97 Å². The Balaban J connectivity index is 2.06. The third-order valence-electron chi connectivity index (χ3n) is 4.13. The highest BCUT2D eigenvalue weighted by Crippen LogP contribution is 2.19. The Morgan fingerprint density at radius 1 is 1.24 bits per heavy atom. The zero-order chi connectivity index (χ0) is 15.6. The molecule has 0 unspecified atom stereocenters. The first-order valence-electron chi connectivity index (χ1n) is 7.00. The maximum atomic E-state index is 11.9. The van der Waals surface area contributed by atoms with Crippen LogP contribution in [-0.4, -0.2) is 40.2 Å². The molecule has 0 atom stereocenters. The molecule has 1 saturated heterocycles. The lowest BCUT2D eigenvalue weighted by Gasteiger charge is -2.30. The molecule has 116 valence electrons. The summed E-state index contributed by atoms with van der Waals surface area (Å²) in [6, 6.07) is 1.49. The monoisotopic (exact) mass is 295 g/mol. The molecule has 1 aliphatic heterocycles. The molecular formula is C14H21N3O4. The van der Waals surface area contributed by atoms with Crippen molar-refractivity contribution in [2.45, 2.75) is 19.4 Å². The van der Waals surface area contributed by atoms with Gasteiger partial charge in [-0.05, 0) is 25.9 Å². The SMILES string of the molecule is COC(=O)C1CCN(Cc2cc(=O)n(C)c(=O)n2C)CC1. The fraction of sp³-hybridized carbons (Fsp3) is 0.643. The van der Waals surface area contributed by atoms with Crippen LogP contribution < -0.4 is 11.2 Å². The van der Waals surface area contributed by atoms with Gasteiger partial charge in [-0.2, -0.15) is 0 Å². The van der Waals surface area contributed by atoms with Gasteiger partial charge in [0, 0.05) is 32.4 Å². The van der Waals surface area contributed by atoms with Gasteiger partial charge in [0.05, 0.1) is 13.0 Å². The van der Waals surface area contributed by atoms with E-state index in [9.17, 15) is 14.4 Å². The molecule has 2 rings (SSSR count). The number of likely N-dealkylation sites (tertiary alicyclic amines) is 1. The first kappa shape index (κ1) is 15.5. The number of aromatic nitrogens is 2. The quantitative estimate of drug-likeness (QED) is 0.701. The second kappa shape index (κ2) is 6.26. The highest BCUT2D eigenvalue weighted by atomic mass is 16.5. The van der Waals surface area contributed by atoms with Crippen LogP contribution >= 0.6 is 0 Å². The summed E-state index contributed by atoms with van der Waals surface area (Å²) in [5.41, 5.74) is 0.0825. The lowest BCUT2D eigenvalue weighted by Crippen LogP contribution is -2.41. The van der Waals surface area contributed by atoms with Crippen molar-refractivity contribution in [3.63, 3.8) is 0 Å². The number of hydrogen-bond donors (Lipinski definition) is 0. The van der Waals surface area contributed by atoms with E-state index in [1.807, 2.05) is 0 Å². The van der Waals surface area contributed by atoms with E-state index in [1.165, 1.54) is 24.8 Å². The molecule has 1 aromatic rings. The van der Waals surface area contributed by atoms with Crippen LogP contribution in [-0.2, 0) is 30.2 Å². The number of piperidine rings is 1. The zero-order valence-electron chi connectivity index (χ0n) is 12.7. The van der Waals surface area contributed by atoms with E-state index in [0.29, 0.717) is 12.2 Å². The van der Waals surface area contributed by atoms with Gasteiger partial charge in [0.25, 0.3) is 5.56 Å². The number of hydrogen-bond acceptors (Lipinski definition) is 5. The summed E-state index contributed by atoms with van der Waals surface area (Å²) in [5, 5.41) is 0. The largest absolute Gasteiger partial charge is 0.469 e. The minimum atomic E-state index is -0.318. The molecule has 2 heterocycles. The Labute approximate surface area is 122 Å². The Kier molecular flexibility index (Phi) is 4.62. The number of ether oxygens (including phenoxy) is 1. The van der Waals surface area contributed by atoms with Crippen molar-refractivity contribution in [3.05, 3.63) is 32.6 Å². The predicted octanol–water partition coefficient (Wildman–Crippen LogP) is -0.531. The molecule has 0 N–H and O–H groups in total. The number of esters is 1. The normalized spacial score (nSPS) is 16.9. The van der Waals surface area contributed by atoms with E-state index in [2.05, 4.69) is 4.90 Å². The van der Waals surface area contributed by atoms with Crippen LogP contribution in [0.2, 0.25) is 0 Å². The second-order valence-corrected chi connectivity index (χ2v) is 5.45. The summed E-state index contributed by atoms with van der Waals surface area (Å²) in [7, 11) is 4.54. The molecule has 7 heteroatoms. The Bertz CT molecular complexity index is 639.